The third-order valence-electron chi connectivity index (χ3n) is 5.16. The fraction of sp³-hybridized carbons (Fsp3) is 0.350. The Morgan fingerprint density at radius 3 is 2.75 bits per heavy atom. The normalized spacial score (nSPS) is 17.7. The van der Waals surface area contributed by atoms with Gasteiger partial charge in [-0.3, -0.25) is 9.59 Å². The first-order chi connectivity index (χ1) is 15.3. The summed E-state index contributed by atoms with van der Waals surface area (Å²) in [4.78, 5) is 29.7. The number of carbonyl (C=O) groups is 2. The lowest BCUT2D eigenvalue weighted by atomic mass is 10.2. The van der Waals surface area contributed by atoms with Crippen LogP contribution >= 0.6 is 22.7 Å². The van der Waals surface area contributed by atoms with Crippen molar-refractivity contribution in [2.75, 3.05) is 20.8 Å². The van der Waals surface area contributed by atoms with Crippen molar-refractivity contribution >= 4 is 54.8 Å². The van der Waals surface area contributed by atoms with Gasteiger partial charge in [0.2, 0.25) is 0 Å². The second kappa shape index (κ2) is 9.14. The van der Waals surface area contributed by atoms with E-state index >= 15 is 0 Å². The van der Waals surface area contributed by atoms with Crippen molar-refractivity contribution in [3.63, 3.8) is 0 Å². The molecule has 0 radical (unpaired) electrons. The van der Waals surface area contributed by atoms with Gasteiger partial charge in [-0.05, 0) is 42.5 Å². The minimum absolute atomic E-state index is 0.128. The van der Waals surface area contributed by atoms with Crippen LogP contribution in [0.25, 0.3) is 10.2 Å². The molecule has 1 unspecified atom stereocenters. The number of hydrogen-bond donors (Lipinski definition) is 0. The van der Waals surface area contributed by atoms with E-state index in [0.717, 1.165) is 16.0 Å². The molecule has 1 aliphatic rings. The van der Waals surface area contributed by atoms with E-state index in [-0.39, 0.29) is 17.3 Å². The number of ether oxygens (including phenoxy) is 2. The summed E-state index contributed by atoms with van der Waals surface area (Å²) in [6.45, 7) is 0.134. The molecule has 12 heteroatoms. The summed E-state index contributed by atoms with van der Waals surface area (Å²) in [5.41, 5.74) is 0.697. The van der Waals surface area contributed by atoms with Gasteiger partial charge in [-0.2, -0.15) is 9.30 Å². The number of rotatable bonds is 6. The van der Waals surface area contributed by atoms with Crippen LogP contribution in [0, 0.1) is 0 Å². The van der Waals surface area contributed by atoms with Gasteiger partial charge in [0.1, 0.15) is 22.5 Å². The molecule has 1 amide bonds. The standard InChI is InChI=1S/C20H21N3O6S3/c1-28-13-7-8-14-16(11-13)31-20(22(14)12-17(24)29-2)21-19(25)15-5-3-9-23(15)32(26,27)18-6-4-10-30-18/h4,6-8,10-11,15H,3,5,9,12H2,1-2H3. The minimum atomic E-state index is -3.77. The third-order valence-corrected chi connectivity index (χ3v) is 9.48. The van der Waals surface area contributed by atoms with Gasteiger partial charge >= 0.3 is 5.97 Å². The van der Waals surface area contributed by atoms with Crippen molar-refractivity contribution in [3.05, 3.63) is 40.5 Å². The number of hydrogen-bond acceptors (Lipinski definition) is 8. The molecule has 3 heterocycles. The molecule has 3 aromatic rings. The smallest absolute Gasteiger partial charge is 0.325 e. The van der Waals surface area contributed by atoms with Gasteiger partial charge in [0.15, 0.2) is 4.80 Å². The molecule has 0 bridgehead atoms. The highest BCUT2D eigenvalue weighted by molar-refractivity contribution is 7.91. The van der Waals surface area contributed by atoms with Crippen molar-refractivity contribution in [2.24, 2.45) is 4.99 Å². The first-order valence-electron chi connectivity index (χ1n) is 9.73. The molecule has 1 aliphatic heterocycles. The van der Waals surface area contributed by atoms with E-state index in [1.807, 2.05) is 0 Å². The second-order valence-corrected chi connectivity index (χ2v) is 11.1. The lowest BCUT2D eigenvalue weighted by Crippen LogP contribution is -2.40. The summed E-state index contributed by atoms with van der Waals surface area (Å²) in [7, 11) is -0.935. The predicted molar refractivity (Wildman–Crippen MR) is 120 cm³/mol. The molecule has 2 aromatic heterocycles. The fourth-order valence-electron chi connectivity index (χ4n) is 3.58. The number of esters is 1. The van der Waals surface area contributed by atoms with E-state index in [9.17, 15) is 18.0 Å². The quantitative estimate of drug-likeness (QED) is 0.486. The highest BCUT2D eigenvalue weighted by Crippen LogP contribution is 2.29. The van der Waals surface area contributed by atoms with E-state index in [1.54, 1.807) is 41.3 Å². The maximum absolute atomic E-state index is 13.1. The molecule has 1 atom stereocenters. The molecule has 0 spiro atoms. The molecular weight excluding hydrogens is 474 g/mol. The van der Waals surface area contributed by atoms with Gasteiger partial charge in [-0.15, -0.1) is 11.3 Å². The van der Waals surface area contributed by atoms with Gasteiger partial charge in [0, 0.05) is 6.54 Å². The highest BCUT2D eigenvalue weighted by Gasteiger charge is 2.40. The molecule has 4 rings (SSSR count). The fourth-order valence-corrected chi connectivity index (χ4v) is 7.42. The number of amides is 1. The number of methoxy groups -OCH3 is 2. The Morgan fingerprint density at radius 1 is 1.25 bits per heavy atom. The highest BCUT2D eigenvalue weighted by atomic mass is 32.2. The van der Waals surface area contributed by atoms with Crippen molar-refractivity contribution in [2.45, 2.75) is 29.6 Å². The summed E-state index contributed by atoms with van der Waals surface area (Å²) in [5.74, 6) is -0.414. The Hall–Kier alpha value is -2.54. The van der Waals surface area contributed by atoms with Crippen molar-refractivity contribution in [3.8, 4) is 5.75 Å². The average molecular weight is 496 g/mol. The van der Waals surface area contributed by atoms with Crippen LogP contribution in [0.15, 0.2) is 44.9 Å². The SMILES string of the molecule is COC(=O)Cn1c(=NC(=O)C2CCCN2S(=O)(=O)c2cccs2)sc2cc(OC)ccc21. The Balaban J connectivity index is 1.75. The molecule has 1 aromatic carbocycles. The number of aromatic nitrogens is 1. The summed E-state index contributed by atoms with van der Waals surface area (Å²) in [6, 6.07) is 7.63. The van der Waals surface area contributed by atoms with E-state index < -0.39 is 27.9 Å². The molecule has 1 fully saturated rings. The molecule has 32 heavy (non-hydrogen) atoms. The molecule has 1 saturated heterocycles. The summed E-state index contributed by atoms with van der Waals surface area (Å²) < 4.78 is 39.8. The molecule has 0 aliphatic carbocycles. The minimum Gasteiger partial charge on any atom is -0.497 e. The maximum atomic E-state index is 13.1. The Kier molecular flexibility index (Phi) is 6.47. The van der Waals surface area contributed by atoms with Gasteiger partial charge in [0.25, 0.3) is 15.9 Å². The molecule has 0 saturated carbocycles. The van der Waals surface area contributed by atoms with Gasteiger partial charge < -0.3 is 14.0 Å². The molecular formula is C20H21N3O6S3. The number of benzene rings is 1. The number of thiophene rings is 1. The average Bonchev–Trinajstić information content (AvgIpc) is 3.54. The Bertz CT molecular complexity index is 1320. The zero-order valence-electron chi connectivity index (χ0n) is 17.4. The number of nitrogens with zero attached hydrogens (tertiary/aromatic N) is 3. The lowest BCUT2D eigenvalue weighted by molar-refractivity contribution is -0.141. The summed E-state index contributed by atoms with van der Waals surface area (Å²) >= 11 is 2.34. The maximum Gasteiger partial charge on any atom is 0.325 e. The number of sulfonamides is 1. The summed E-state index contributed by atoms with van der Waals surface area (Å²) in [6.07, 6.45) is 0.963. The van der Waals surface area contributed by atoms with Gasteiger partial charge in [-0.1, -0.05) is 17.4 Å². The van der Waals surface area contributed by atoms with Crippen molar-refractivity contribution < 1.29 is 27.5 Å². The van der Waals surface area contributed by atoms with E-state index in [1.165, 1.54) is 28.8 Å². The van der Waals surface area contributed by atoms with Crippen LogP contribution in [0.3, 0.4) is 0 Å². The number of fused-ring (bicyclic) bond motifs is 1. The van der Waals surface area contributed by atoms with Crippen LogP contribution in [-0.2, 0) is 30.9 Å². The van der Waals surface area contributed by atoms with Crippen LogP contribution in [-0.4, -0.2) is 56.0 Å². The van der Waals surface area contributed by atoms with Crippen LogP contribution in [0.2, 0.25) is 0 Å². The first kappa shape index (κ1) is 22.6. The number of thiazole rings is 1. The zero-order chi connectivity index (χ0) is 22.9. The second-order valence-electron chi connectivity index (χ2n) is 7.04. The van der Waals surface area contributed by atoms with E-state index in [4.69, 9.17) is 9.47 Å². The predicted octanol–water partition coefficient (Wildman–Crippen LogP) is 2.23. The Labute approximate surface area is 192 Å². The monoisotopic (exact) mass is 495 g/mol. The van der Waals surface area contributed by atoms with Gasteiger partial charge in [-0.25, -0.2) is 8.42 Å². The van der Waals surface area contributed by atoms with Gasteiger partial charge in [0.05, 0.1) is 24.4 Å². The van der Waals surface area contributed by atoms with E-state index in [0.29, 0.717) is 28.9 Å². The topological polar surface area (TPSA) is 107 Å². The molecule has 0 N–H and O–H groups in total. The summed E-state index contributed by atoms with van der Waals surface area (Å²) in [5, 5.41) is 1.69. The van der Waals surface area contributed by atoms with E-state index in [2.05, 4.69) is 4.99 Å². The number of carbonyl (C=O) groups excluding carboxylic acids is 2. The van der Waals surface area contributed by atoms with Crippen molar-refractivity contribution in [1.82, 2.24) is 8.87 Å². The van der Waals surface area contributed by atoms with Crippen LogP contribution in [0.4, 0.5) is 0 Å². The third kappa shape index (κ3) is 4.22. The Morgan fingerprint density at radius 2 is 2.06 bits per heavy atom. The lowest BCUT2D eigenvalue weighted by Gasteiger charge is -2.20. The molecule has 170 valence electrons. The van der Waals surface area contributed by atoms with Crippen LogP contribution in [0.1, 0.15) is 12.8 Å². The zero-order valence-corrected chi connectivity index (χ0v) is 19.8. The molecule has 9 nitrogen and oxygen atoms in total. The first-order valence-corrected chi connectivity index (χ1v) is 12.9. The largest absolute Gasteiger partial charge is 0.497 e. The van der Waals surface area contributed by atoms with Crippen molar-refractivity contribution in [1.29, 1.82) is 0 Å². The van der Waals surface area contributed by atoms with Crippen LogP contribution < -0.4 is 9.54 Å². The van der Waals surface area contributed by atoms with Crippen LogP contribution in [0.5, 0.6) is 5.75 Å².